The van der Waals surface area contributed by atoms with Crippen molar-refractivity contribution in [2.75, 3.05) is 30.3 Å². The van der Waals surface area contributed by atoms with Gasteiger partial charge in [0.2, 0.25) is 0 Å². The Kier molecular flexibility index (Phi) is 5.04. The third kappa shape index (κ3) is 3.46. The summed E-state index contributed by atoms with van der Waals surface area (Å²) in [5.41, 5.74) is 6.55. The van der Waals surface area contributed by atoms with Crippen LogP contribution in [0, 0.1) is 11.7 Å². The minimum Gasteiger partial charge on any atom is -0.462 e. The lowest BCUT2D eigenvalue weighted by Crippen LogP contribution is -2.22. The number of carbonyl (C=O) groups is 1. The molecule has 4 nitrogen and oxygen atoms in total. The second kappa shape index (κ2) is 6.78. The summed E-state index contributed by atoms with van der Waals surface area (Å²) in [7, 11) is 0. The molecule has 1 aliphatic rings. The summed E-state index contributed by atoms with van der Waals surface area (Å²) in [4.78, 5) is 13.9. The van der Waals surface area contributed by atoms with Crippen molar-refractivity contribution in [3.63, 3.8) is 0 Å². The number of halogens is 1. The smallest absolute Gasteiger partial charge is 0.340 e. The Labute approximate surface area is 125 Å². The Balaban J connectivity index is 2.24. The molecule has 116 valence electrons. The molecule has 1 aromatic rings. The zero-order chi connectivity index (χ0) is 15.4. The van der Waals surface area contributed by atoms with Gasteiger partial charge in [0, 0.05) is 18.8 Å². The Bertz CT molecular complexity index is 519. The maximum absolute atomic E-state index is 14.2. The zero-order valence-corrected chi connectivity index (χ0v) is 12.7. The fourth-order valence-electron chi connectivity index (χ4n) is 2.90. The van der Waals surface area contributed by atoms with Crippen molar-refractivity contribution in [2.45, 2.75) is 33.1 Å². The quantitative estimate of drug-likeness (QED) is 0.669. The second-order valence-electron chi connectivity index (χ2n) is 5.50. The average Bonchev–Trinajstić information content (AvgIpc) is 2.88. The molecule has 2 N–H and O–H groups in total. The molecule has 21 heavy (non-hydrogen) atoms. The average molecular weight is 294 g/mol. The highest BCUT2D eigenvalue weighted by atomic mass is 19.1. The molecule has 1 atom stereocenters. The lowest BCUT2D eigenvalue weighted by molar-refractivity contribution is 0.0527. The van der Waals surface area contributed by atoms with Crippen LogP contribution in [0.2, 0.25) is 0 Å². The molecule has 0 aliphatic carbocycles. The molecule has 5 heteroatoms. The Morgan fingerprint density at radius 1 is 1.48 bits per heavy atom. The molecular weight excluding hydrogens is 271 g/mol. The first kappa shape index (κ1) is 15.6. The van der Waals surface area contributed by atoms with Crippen LogP contribution in [0.15, 0.2) is 12.1 Å². The SMILES string of the molecule is CCCC1CCN(c2cc(C(=O)OCC)c(N)cc2F)C1. The maximum Gasteiger partial charge on any atom is 0.340 e. The van der Waals surface area contributed by atoms with Crippen molar-refractivity contribution in [3.05, 3.63) is 23.5 Å². The molecule has 0 bridgehead atoms. The molecule has 1 saturated heterocycles. The van der Waals surface area contributed by atoms with E-state index in [-0.39, 0.29) is 23.7 Å². The lowest BCUT2D eigenvalue weighted by atomic mass is 10.0. The van der Waals surface area contributed by atoms with Crippen LogP contribution in [0.25, 0.3) is 0 Å². The van der Waals surface area contributed by atoms with E-state index in [9.17, 15) is 9.18 Å². The van der Waals surface area contributed by atoms with Crippen LogP contribution in [0.3, 0.4) is 0 Å². The van der Waals surface area contributed by atoms with Gasteiger partial charge in [0.05, 0.1) is 17.9 Å². The summed E-state index contributed by atoms with van der Waals surface area (Å²) >= 11 is 0. The molecule has 0 spiro atoms. The Morgan fingerprint density at radius 3 is 2.90 bits per heavy atom. The monoisotopic (exact) mass is 294 g/mol. The topological polar surface area (TPSA) is 55.6 Å². The number of rotatable bonds is 5. The highest BCUT2D eigenvalue weighted by Crippen LogP contribution is 2.31. The van der Waals surface area contributed by atoms with Crippen LogP contribution in [0.4, 0.5) is 15.8 Å². The van der Waals surface area contributed by atoms with Crippen molar-refractivity contribution in [1.29, 1.82) is 0 Å². The number of hydrogen-bond acceptors (Lipinski definition) is 4. The molecule has 1 aliphatic heterocycles. The van der Waals surface area contributed by atoms with Gasteiger partial charge in [-0.25, -0.2) is 9.18 Å². The second-order valence-corrected chi connectivity index (χ2v) is 5.50. The van der Waals surface area contributed by atoms with Crippen LogP contribution in [-0.2, 0) is 4.74 Å². The predicted octanol–water partition coefficient (Wildman–Crippen LogP) is 3.21. The minimum atomic E-state index is -0.499. The van der Waals surface area contributed by atoms with E-state index in [1.165, 1.54) is 12.1 Å². The van der Waals surface area contributed by atoms with E-state index in [0.29, 0.717) is 11.6 Å². The van der Waals surface area contributed by atoms with E-state index in [2.05, 4.69) is 6.92 Å². The van der Waals surface area contributed by atoms with Crippen molar-refractivity contribution >= 4 is 17.3 Å². The van der Waals surface area contributed by atoms with Crippen LogP contribution < -0.4 is 10.6 Å². The van der Waals surface area contributed by atoms with Crippen LogP contribution >= 0.6 is 0 Å². The number of esters is 1. The van der Waals surface area contributed by atoms with E-state index in [4.69, 9.17) is 10.5 Å². The molecule has 0 aromatic heterocycles. The van der Waals surface area contributed by atoms with Crippen LogP contribution in [-0.4, -0.2) is 25.7 Å². The molecule has 0 amide bonds. The Morgan fingerprint density at radius 2 is 2.24 bits per heavy atom. The first-order valence-electron chi connectivity index (χ1n) is 7.57. The van der Waals surface area contributed by atoms with Crippen molar-refractivity contribution < 1.29 is 13.9 Å². The van der Waals surface area contributed by atoms with Gasteiger partial charge >= 0.3 is 5.97 Å². The normalized spacial score (nSPS) is 18.0. The fraction of sp³-hybridized carbons (Fsp3) is 0.562. The summed E-state index contributed by atoms with van der Waals surface area (Å²) in [6.07, 6.45) is 3.35. The van der Waals surface area contributed by atoms with Crippen molar-refractivity contribution in [3.8, 4) is 0 Å². The third-order valence-corrected chi connectivity index (χ3v) is 3.94. The summed E-state index contributed by atoms with van der Waals surface area (Å²) in [6, 6.07) is 2.74. The molecule has 1 fully saturated rings. The molecule has 1 aromatic carbocycles. The molecular formula is C16H23FN2O2. The van der Waals surface area contributed by atoms with Gasteiger partial charge in [-0.15, -0.1) is 0 Å². The highest BCUT2D eigenvalue weighted by molar-refractivity contribution is 5.96. The zero-order valence-electron chi connectivity index (χ0n) is 12.7. The number of nitrogens with two attached hydrogens (primary N) is 1. The largest absolute Gasteiger partial charge is 0.462 e. The fourth-order valence-corrected chi connectivity index (χ4v) is 2.90. The maximum atomic E-state index is 14.2. The number of nitrogen functional groups attached to an aromatic ring is 1. The number of carbonyl (C=O) groups excluding carboxylic acids is 1. The van der Waals surface area contributed by atoms with Gasteiger partial charge in [-0.1, -0.05) is 13.3 Å². The van der Waals surface area contributed by atoms with Crippen LogP contribution in [0.1, 0.15) is 43.5 Å². The number of anilines is 2. The minimum absolute atomic E-state index is 0.124. The van der Waals surface area contributed by atoms with Crippen molar-refractivity contribution in [1.82, 2.24) is 0 Å². The van der Waals surface area contributed by atoms with E-state index in [0.717, 1.165) is 32.4 Å². The molecule has 0 radical (unpaired) electrons. The summed E-state index contributed by atoms with van der Waals surface area (Å²) < 4.78 is 19.1. The predicted molar refractivity (Wildman–Crippen MR) is 82.0 cm³/mol. The molecule has 1 heterocycles. The molecule has 2 rings (SSSR count). The van der Waals surface area contributed by atoms with Crippen LogP contribution in [0.5, 0.6) is 0 Å². The van der Waals surface area contributed by atoms with Gasteiger partial charge in [0.1, 0.15) is 5.82 Å². The van der Waals surface area contributed by atoms with E-state index in [1.807, 2.05) is 4.90 Å². The van der Waals surface area contributed by atoms with Gasteiger partial charge in [-0.2, -0.15) is 0 Å². The first-order valence-corrected chi connectivity index (χ1v) is 7.57. The third-order valence-electron chi connectivity index (χ3n) is 3.94. The van der Waals surface area contributed by atoms with Gasteiger partial charge < -0.3 is 15.4 Å². The van der Waals surface area contributed by atoms with Gasteiger partial charge in [0.25, 0.3) is 0 Å². The van der Waals surface area contributed by atoms with E-state index < -0.39 is 5.97 Å². The highest BCUT2D eigenvalue weighted by Gasteiger charge is 2.25. The van der Waals surface area contributed by atoms with E-state index in [1.54, 1.807) is 6.92 Å². The summed E-state index contributed by atoms with van der Waals surface area (Å²) in [6.45, 7) is 5.80. The standard InChI is InChI=1S/C16H23FN2O2/c1-3-5-11-6-7-19(10-11)15-8-12(16(20)21-4-2)14(18)9-13(15)17/h8-9,11H,3-7,10,18H2,1-2H3. The summed E-state index contributed by atoms with van der Waals surface area (Å²) in [5.74, 6) is -0.281. The lowest BCUT2D eigenvalue weighted by Gasteiger charge is -2.21. The summed E-state index contributed by atoms with van der Waals surface area (Å²) in [5, 5.41) is 0. The number of nitrogens with zero attached hydrogens (tertiary/aromatic N) is 1. The van der Waals surface area contributed by atoms with Gasteiger partial charge in [-0.3, -0.25) is 0 Å². The van der Waals surface area contributed by atoms with Crippen molar-refractivity contribution in [2.24, 2.45) is 5.92 Å². The number of benzene rings is 1. The van der Waals surface area contributed by atoms with Gasteiger partial charge in [-0.05, 0) is 37.8 Å². The Hall–Kier alpha value is -1.78. The molecule has 1 unspecified atom stereocenters. The van der Waals surface area contributed by atoms with Gasteiger partial charge in [0.15, 0.2) is 0 Å². The molecule has 0 saturated carbocycles. The first-order chi connectivity index (χ1) is 10.1. The van der Waals surface area contributed by atoms with E-state index >= 15 is 0 Å². The number of ether oxygens (including phenoxy) is 1. The number of hydrogen-bond donors (Lipinski definition) is 1.